The van der Waals surface area contributed by atoms with E-state index in [0.29, 0.717) is 5.41 Å². The Labute approximate surface area is 93.9 Å². The molecular weight excluding hydrogens is 184 g/mol. The molecule has 1 N–H and O–H groups in total. The van der Waals surface area contributed by atoms with E-state index in [-0.39, 0.29) is 6.61 Å². The second kappa shape index (κ2) is 4.98. The Hall–Kier alpha value is -0.560. The summed E-state index contributed by atoms with van der Waals surface area (Å²) in [6.45, 7) is 9.18. The summed E-state index contributed by atoms with van der Waals surface area (Å²) >= 11 is 0. The van der Waals surface area contributed by atoms with Crippen LogP contribution in [0.3, 0.4) is 0 Å². The summed E-state index contributed by atoms with van der Waals surface area (Å²) in [6.07, 6.45) is 6.91. The molecule has 1 aliphatic rings. The van der Waals surface area contributed by atoms with Gasteiger partial charge in [-0.3, -0.25) is 0 Å². The van der Waals surface area contributed by atoms with Crippen LogP contribution in [0.5, 0.6) is 0 Å². The molecule has 0 aromatic carbocycles. The van der Waals surface area contributed by atoms with Gasteiger partial charge in [-0.2, -0.15) is 0 Å². The number of allylic oxidation sites excluding steroid dienone is 3. The van der Waals surface area contributed by atoms with E-state index in [4.69, 9.17) is 5.11 Å². The summed E-state index contributed by atoms with van der Waals surface area (Å²) in [4.78, 5) is 0. The molecule has 86 valence electrons. The molecule has 0 aromatic rings. The van der Waals surface area contributed by atoms with E-state index in [1.165, 1.54) is 30.4 Å². The number of hydrogen-bond acceptors (Lipinski definition) is 1. The van der Waals surface area contributed by atoms with Crippen LogP contribution in [-0.2, 0) is 0 Å². The van der Waals surface area contributed by atoms with Crippen molar-refractivity contribution in [2.45, 2.75) is 53.4 Å². The van der Waals surface area contributed by atoms with Crippen LogP contribution in [0.15, 0.2) is 22.8 Å². The lowest BCUT2D eigenvalue weighted by Gasteiger charge is -2.36. The average molecular weight is 208 g/mol. The van der Waals surface area contributed by atoms with Gasteiger partial charge < -0.3 is 5.11 Å². The Morgan fingerprint density at radius 2 is 2.13 bits per heavy atom. The largest absolute Gasteiger partial charge is 0.392 e. The molecular formula is C14H24O. The number of hydrogen-bond donors (Lipinski definition) is 1. The van der Waals surface area contributed by atoms with Crippen LogP contribution in [0.4, 0.5) is 0 Å². The molecule has 0 amide bonds. The SMILES string of the molecule is CCC1=C(/C(C)=C\CO)C(C)(C)CCC1. The molecule has 0 aromatic heterocycles. The summed E-state index contributed by atoms with van der Waals surface area (Å²) in [7, 11) is 0. The molecule has 1 nitrogen and oxygen atoms in total. The minimum Gasteiger partial charge on any atom is -0.392 e. The number of rotatable bonds is 3. The van der Waals surface area contributed by atoms with E-state index in [1.54, 1.807) is 5.57 Å². The van der Waals surface area contributed by atoms with Gasteiger partial charge >= 0.3 is 0 Å². The molecule has 1 aliphatic carbocycles. The molecule has 0 fully saturated rings. The van der Waals surface area contributed by atoms with Gasteiger partial charge in [-0.15, -0.1) is 0 Å². The fourth-order valence-corrected chi connectivity index (χ4v) is 2.88. The van der Waals surface area contributed by atoms with Gasteiger partial charge in [0.15, 0.2) is 0 Å². The van der Waals surface area contributed by atoms with Crippen molar-refractivity contribution in [3.05, 3.63) is 22.8 Å². The Balaban J connectivity index is 3.14. The third-order valence-corrected chi connectivity index (χ3v) is 3.53. The molecule has 0 saturated heterocycles. The van der Waals surface area contributed by atoms with Gasteiger partial charge in [0.2, 0.25) is 0 Å². The number of aliphatic hydroxyl groups excluding tert-OH is 1. The van der Waals surface area contributed by atoms with E-state index in [1.807, 2.05) is 6.08 Å². The highest BCUT2D eigenvalue weighted by atomic mass is 16.2. The lowest BCUT2D eigenvalue weighted by Crippen LogP contribution is -2.21. The summed E-state index contributed by atoms with van der Waals surface area (Å²) in [5, 5.41) is 9.00. The summed E-state index contributed by atoms with van der Waals surface area (Å²) in [5.74, 6) is 0. The maximum atomic E-state index is 9.00. The summed E-state index contributed by atoms with van der Waals surface area (Å²) in [5.41, 5.74) is 4.66. The highest BCUT2D eigenvalue weighted by Crippen LogP contribution is 2.44. The van der Waals surface area contributed by atoms with Crippen molar-refractivity contribution in [3.63, 3.8) is 0 Å². The van der Waals surface area contributed by atoms with Gasteiger partial charge in [0.25, 0.3) is 0 Å². The summed E-state index contributed by atoms with van der Waals surface area (Å²) < 4.78 is 0. The first-order valence-electron chi connectivity index (χ1n) is 6.03. The zero-order valence-corrected chi connectivity index (χ0v) is 10.6. The smallest absolute Gasteiger partial charge is 0.0618 e. The van der Waals surface area contributed by atoms with Gasteiger partial charge in [-0.05, 0) is 49.2 Å². The lowest BCUT2D eigenvalue weighted by molar-refractivity contribution is 0.339. The topological polar surface area (TPSA) is 20.2 Å². The first kappa shape index (κ1) is 12.5. The van der Waals surface area contributed by atoms with E-state index in [2.05, 4.69) is 27.7 Å². The van der Waals surface area contributed by atoms with Crippen molar-refractivity contribution in [2.24, 2.45) is 5.41 Å². The van der Waals surface area contributed by atoms with Crippen molar-refractivity contribution in [1.29, 1.82) is 0 Å². The van der Waals surface area contributed by atoms with Gasteiger partial charge in [0, 0.05) is 0 Å². The van der Waals surface area contributed by atoms with Crippen LogP contribution >= 0.6 is 0 Å². The average Bonchev–Trinajstić information content (AvgIpc) is 2.16. The Kier molecular flexibility index (Phi) is 4.15. The van der Waals surface area contributed by atoms with E-state index in [9.17, 15) is 0 Å². The van der Waals surface area contributed by atoms with Crippen LogP contribution in [0, 0.1) is 5.41 Å². The molecule has 0 saturated carbocycles. The zero-order valence-electron chi connectivity index (χ0n) is 10.6. The Bertz CT molecular complexity index is 282. The van der Waals surface area contributed by atoms with Gasteiger partial charge in [0.1, 0.15) is 0 Å². The predicted octanol–water partition coefficient (Wildman–Crippen LogP) is 3.84. The quantitative estimate of drug-likeness (QED) is 0.747. The number of aliphatic hydroxyl groups is 1. The molecule has 1 rings (SSSR count). The molecule has 0 unspecified atom stereocenters. The lowest BCUT2D eigenvalue weighted by atomic mass is 9.69. The minimum absolute atomic E-state index is 0.155. The third-order valence-electron chi connectivity index (χ3n) is 3.53. The molecule has 0 radical (unpaired) electrons. The fourth-order valence-electron chi connectivity index (χ4n) is 2.88. The van der Waals surface area contributed by atoms with E-state index in [0.717, 1.165) is 6.42 Å². The minimum atomic E-state index is 0.155. The standard InChI is InChI=1S/C14H24O/c1-5-12-7-6-9-14(3,4)13(12)11(2)8-10-15/h8,15H,5-7,9-10H2,1-4H3/b11-8-. The van der Waals surface area contributed by atoms with Gasteiger partial charge in [-0.1, -0.05) is 32.4 Å². The molecule has 0 spiro atoms. The molecule has 0 bridgehead atoms. The second-order valence-corrected chi connectivity index (χ2v) is 5.14. The predicted molar refractivity (Wildman–Crippen MR) is 65.8 cm³/mol. The summed E-state index contributed by atoms with van der Waals surface area (Å²) in [6, 6.07) is 0. The van der Waals surface area contributed by atoms with Crippen molar-refractivity contribution >= 4 is 0 Å². The monoisotopic (exact) mass is 208 g/mol. The van der Waals surface area contributed by atoms with Gasteiger partial charge in [-0.25, -0.2) is 0 Å². The fraction of sp³-hybridized carbons (Fsp3) is 0.714. The van der Waals surface area contributed by atoms with Crippen molar-refractivity contribution in [3.8, 4) is 0 Å². The maximum absolute atomic E-state index is 9.00. The van der Waals surface area contributed by atoms with E-state index < -0.39 is 0 Å². The van der Waals surface area contributed by atoms with Crippen molar-refractivity contribution < 1.29 is 5.11 Å². The zero-order chi connectivity index (χ0) is 11.5. The first-order valence-corrected chi connectivity index (χ1v) is 6.03. The maximum Gasteiger partial charge on any atom is 0.0618 e. The van der Waals surface area contributed by atoms with Crippen LogP contribution in [0.1, 0.15) is 53.4 Å². The van der Waals surface area contributed by atoms with Crippen LogP contribution in [-0.4, -0.2) is 11.7 Å². The molecule has 1 heteroatoms. The normalized spacial score (nSPS) is 22.1. The van der Waals surface area contributed by atoms with Crippen LogP contribution in [0.2, 0.25) is 0 Å². The highest BCUT2D eigenvalue weighted by Gasteiger charge is 2.29. The van der Waals surface area contributed by atoms with Crippen LogP contribution in [0.25, 0.3) is 0 Å². The first-order chi connectivity index (χ1) is 7.03. The third kappa shape index (κ3) is 2.72. The molecule has 0 aliphatic heterocycles. The second-order valence-electron chi connectivity index (χ2n) is 5.14. The molecule has 0 heterocycles. The Morgan fingerprint density at radius 1 is 1.47 bits per heavy atom. The van der Waals surface area contributed by atoms with E-state index >= 15 is 0 Å². The Morgan fingerprint density at radius 3 is 2.67 bits per heavy atom. The van der Waals surface area contributed by atoms with Crippen molar-refractivity contribution in [2.75, 3.05) is 6.61 Å². The van der Waals surface area contributed by atoms with Crippen LogP contribution < -0.4 is 0 Å². The highest BCUT2D eigenvalue weighted by molar-refractivity contribution is 5.40. The molecule has 0 atom stereocenters. The molecule has 15 heavy (non-hydrogen) atoms. The van der Waals surface area contributed by atoms with Gasteiger partial charge in [0.05, 0.1) is 6.61 Å². The van der Waals surface area contributed by atoms with Crippen molar-refractivity contribution in [1.82, 2.24) is 0 Å².